The first-order valence-electron chi connectivity index (χ1n) is 6.50. The van der Waals surface area contributed by atoms with Gasteiger partial charge in [-0.05, 0) is 0 Å². The number of nitrogens with one attached hydrogen (secondary N) is 1. The van der Waals surface area contributed by atoms with E-state index in [1.807, 2.05) is 4.98 Å². The summed E-state index contributed by atoms with van der Waals surface area (Å²) in [5, 5.41) is 10.2. The van der Waals surface area contributed by atoms with Gasteiger partial charge in [0.25, 0.3) is 5.56 Å². The molecule has 11 nitrogen and oxygen atoms in total. The van der Waals surface area contributed by atoms with Gasteiger partial charge in [-0.2, -0.15) is 0 Å². The molecule has 1 aliphatic rings. The highest BCUT2D eigenvalue weighted by Gasteiger charge is 2.49. The number of phosphoric ester groups is 1. The van der Waals surface area contributed by atoms with Gasteiger partial charge in [-0.3, -0.25) is 23.4 Å². The Morgan fingerprint density at radius 2 is 2.13 bits per heavy atom. The van der Waals surface area contributed by atoms with E-state index in [4.69, 9.17) is 14.0 Å². The Labute approximate surface area is 130 Å². The predicted molar refractivity (Wildman–Crippen MR) is 74.8 cm³/mol. The van der Waals surface area contributed by atoms with Gasteiger partial charge in [0.05, 0.1) is 6.61 Å². The van der Waals surface area contributed by atoms with Crippen LogP contribution in [0.25, 0.3) is 0 Å². The molecule has 1 aromatic rings. The van der Waals surface area contributed by atoms with Gasteiger partial charge in [-0.25, -0.2) is 9.36 Å². The number of methoxy groups -OCH3 is 1. The van der Waals surface area contributed by atoms with Gasteiger partial charge < -0.3 is 19.5 Å². The molecule has 0 amide bonds. The molecule has 1 saturated heterocycles. The minimum atomic E-state index is -4.46. The van der Waals surface area contributed by atoms with Crippen LogP contribution in [0.5, 0.6) is 0 Å². The second-order valence-electron chi connectivity index (χ2n) is 4.75. The third kappa shape index (κ3) is 3.96. The van der Waals surface area contributed by atoms with Crippen molar-refractivity contribution < 1.29 is 33.1 Å². The van der Waals surface area contributed by atoms with E-state index in [0.717, 1.165) is 23.9 Å². The minimum Gasteiger partial charge on any atom is -0.387 e. The number of hydrogen-bond donors (Lipinski definition) is 3. The number of aromatic amines is 1. The van der Waals surface area contributed by atoms with Gasteiger partial charge in [0.2, 0.25) is 0 Å². The van der Waals surface area contributed by atoms with Crippen LogP contribution in [-0.4, -0.2) is 58.7 Å². The number of hydrogen-bond acceptors (Lipinski definition) is 8. The molecule has 23 heavy (non-hydrogen) atoms. The van der Waals surface area contributed by atoms with E-state index in [1.165, 1.54) is 7.11 Å². The molecule has 0 bridgehead atoms. The molecule has 1 aliphatic heterocycles. The van der Waals surface area contributed by atoms with Gasteiger partial charge in [0.1, 0.15) is 18.3 Å². The van der Waals surface area contributed by atoms with Gasteiger partial charge >= 0.3 is 13.5 Å². The standard InChI is InChI=1S/C11H17N2O9P/c1-19-5-6-8(15)9(22-23(17,18)20-2)10(21-6)13-4-3-7(14)12-11(13)16/h3-4,6,8-10,15H,5H2,1-2H3,(H,17,18)(H,12,14,16)/t6-,8-,9-,10-/m1/s1. The Kier molecular flexibility index (Phi) is 5.53. The number of phosphoric acid groups is 1. The highest BCUT2D eigenvalue weighted by molar-refractivity contribution is 7.47. The van der Waals surface area contributed by atoms with Crippen molar-refractivity contribution in [3.63, 3.8) is 0 Å². The van der Waals surface area contributed by atoms with Crippen LogP contribution in [0.2, 0.25) is 0 Å². The molecule has 1 aromatic heterocycles. The fourth-order valence-corrected chi connectivity index (χ4v) is 2.80. The molecular formula is C11H17N2O9P. The predicted octanol–water partition coefficient (Wildman–Crippen LogP) is -1.43. The van der Waals surface area contributed by atoms with Crippen molar-refractivity contribution in [2.45, 2.75) is 24.5 Å². The van der Waals surface area contributed by atoms with E-state index in [9.17, 15) is 24.2 Å². The summed E-state index contributed by atoms with van der Waals surface area (Å²) in [5.74, 6) is 0. The smallest absolute Gasteiger partial charge is 0.387 e. The van der Waals surface area contributed by atoms with Crippen LogP contribution >= 0.6 is 7.82 Å². The van der Waals surface area contributed by atoms with Crippen molar-refractivity contribution in [2.24, 2.45) is 0 Å². The van der Waals surface area contributed by atoms with Gasteiger partial charge in [-0.1, -0.05) is 0 Å². The molecule has 2 rings (SSSR count). The lowest BCUT2D eigenvalue weighted by molar-refractivity contribution is -0.0612. The van der Waals surface area contributed by atoms with E-state index in [1.54, 1.807) is 0 Å². The quantitative estimate of drug-likeness (QED) is 0.524. The van der Waals surface area contributed by atoms with E-state index >= 15 is 0 Å². The Morgan fingerprint density at radius 3 is 2.70 bits per heavy atom. The summed E-state index contributed by atoms with van der Waals surface area (Å²) in [5.41, 5.74) is -1.45. The van der Waals surface area contributed by atoms with E-state index in [-0.39, 0.29) is 6.61 Å². The number of aliphatic hydroxyl groups excluding tert-OH is 1. The fraction of sp³-hybridized carbons (Fsp3) is 0.636. The number of ether oxygens (including phenoxy) is 2. The first-order valence-corrected chi connectivity index (χ1v) is 7.99. The molecular weight excluding hydrogens is 335 g/mol. The SMILES string of the molecule is COC[C@H]1O[C@@H](n2ccc(=O)[nH]c2=O)[C@H](OP(=O)(O)OC)[C@@H]1O. The van der Waals surface area contributed by atoms with Gasteiger partial charge in [-0.15, -0.1) is 0 Å². The monoisotopic (exact) mass is 352 g/mol. The molecule has 0 spiro atoms. The first kappa shape index (κ1) is 18.0. The lowest BCUT2D eigenvalue weighted by Gasteiger charge is -2.23. The molecule has 1 fully saturated rings. The summed E-state index contributed by atoms with van der Waals surface area (Å²) in [7, 11) is -2.13. The Bertz CT molecular complexity index is 701. The van der Waals surface area contributed by atoms with Crippen molar-refractivity contribution in [1.82, 2.24) is 9.55 Å². The molecule has 3 N–H and O–H groups in total. The Morgan fingerprint density at radius 1 is 1.43 bits per heavy atom. The maximum atomic E-state index is 11.9. The van der Waals surface area contributed by atoms with Gasteiger partial charge in [0, 0.05) is 26.5 Å². The van der Waals surface area contributed by atoms with Crippen LogP contribution in [0.4, 0.5) is 0 Å². The van der Waals surface area contributed by atoms with Crippen LogP contribution in [0.15, 0.2) is 21.9 Å². The van der Waals surface area contributed by atoms with Crippen LogP contribution in [0.1, 0.15) is 6.23 Å². The van der Waals surface area contributed by atoms with E-state index in [2.05, 4.69) is 4.52 Å². The number of aromatic nitrogens is 2. The minimum absolute atomic E-state index is 0.0433. The summed E-state index contributed by atoms with van der Waals surface area (Å²) in [6, 6.07) is 1.06. The average molecular weight is 352 g/mol. The largest absolute Gasteiger partial charge is 0.472 e. The highest BCUT2D eigenvalue weighted by atomic mass is 31.2. The zero-order chi connectivity index (χ0) is 17.2. The lowest BCUT2D eigenvalue weighted by atomic mass is 10.1. The topological polar surface area (TPSA) is 149 Å². The van der Waals surface area contributed by atoms with Crippen LogP contribution in [0.3, 0.4) is 0 Å². The lowest BCUT2D eigenvalue weighted by Crippen LogP contribution is -2.39. The molecule has 12 heteroatoms. The first-order chi connectivity index (χ1) is 10.8. The third-order valence-corrected chi connectivity index (χ3v) is 4.23. The summed E-state index contributed by atoms with van der Waals surface area (Å²) < 4.78 is 32.1. The molecule has 2 heterocycles. The van der Waals surface area contributed by atoms with Crippen LogP contribution in [0, 0.1) is 0 Å². The van der Waals surface area contributed by atoms with Crippen molar-refractivity contribution in [3.05, 3.63) is 33.1 Å². The molecule has 5 atom stereocenters. The van der Waals surface area contributed by atoms with Crippen LogP contribution < -0.4 is 11.2 Å². The molecule has 1 unspecified atom stereocenters. The van der Waals surface area contributed by atoms with Crippen molar-refractivity contribution in [3.8, 4) is 0 Å². The molecule has 0 saturated carbocycles. The van der Waals surface area contributed by atoms with Crippen molar-refractivity contribution >= 4 is 7.82 Å². The normalized spacial score (nSPS) is 30.3. The zero-order valence-electron chi connectivity index (χ0n) is 12.3. The molecule has 0 aliphatic carbocycles. The second kappa shape index (κ2) is 7.05. The average Bonchev–Trinajstić information content (AvgIpc) is 2.77. The fourth-order valence-electron chi connectivity index (χ4n) is 2.18. The summed E-state index contributed by atoms with van der Waals surface area (Å²) in [6.07, 6.45) is -3.81. The van der Waals surface area contributed by atoms with E-state index < -0.39 is 43.6 Å². The Hall–Kier alpha value is -1.33. The highest BCUT2D eigenvalue weighted by Crippen LogP contribution is 2.48. The summed E-state index contributed by atoms with van der Waals surface area (Å²) in [4.78, 5) is 34.5. The maximum absolute atomic E-state index is 11.9. The maximum Gasteiger partial charge on any atom is 0.472 e. The number of H-pyrrole nitrogens is 1. The summed E-state index contributed by atoms with van der Waals surface area (Å²) in [6.45, 7) is -0.0433. The number of rotatable bonds is 6. The molecule has 0 aromatic carbocycles. The zero-order valence-corrected chi connectivity index (χ0v) is 13.2. The van der Waals surface area contributed by atoms with Crippen molar-refractivity contribution in [1.29, 1.82) is 0 Å². The number of nitrogens with zero attached hydrogens (tertiary/aromatic N) is 1. The second-order valence-corrected chi connectivity index (χ2v) is 6.26. The van der Waals surface area contributed by atoms with Gasteiger partial charge in [0.15, 0.2) is 6.23 Å². The summed E-state index contributed by atoms with van der Waals surface area (Å²) >= 11 is 0. The van der Waals surface area contributed by atoms with Crippen LogP contribution in [-0.2, 0) is 23.1 Å². The molecule has 130 valence electrons. The third-order valence-electron chi connectivity index (χ3n) is 3.25. The van der Waals surface area contributed by atoms with E-state index in [0.29, 0.717) is 0 Å². The Balaban J connectivity index is 2.38. The molecule has 0 radical (unpaired) electrons. The van der Waals surface area contributed by atoms with Crippen molar-refractivity contribution in [2.75, 3.05) is 20.8 Å². The number of aliphatic hydroxyl groups is 1.